The second-order valence-corrected chi connectivity index (χ2v) is 5.25. The molecular weight excluding hydrogens is 236 g/mol. The zero-order valence-electron chi connectivity index (χ0n) is 11.4. The van der Waals surface area contributed by atoms with Gasteiger partial charge in [0.25, 0.3) is 0 Å². The van der Waals surface area contributed by atoms with E-state index in [1.165, 1.54) is 32.4 Å². The van der Waals surface area contributed by atoms with Crippen LogP contribution in [0.1, 0.15) is 38.0 Å². The highest BCUT2D eigenvalue weighted by Crippen LogP contribution is 2.27. The van der Waals surface area contributed by atoms with Crippen LogP contribution in [0.15, 0.2) is 40.9 Å². The van der Waals surface area contributed by atoms with Gasteiger partial charge in [0.1, 0.15) is 5.69 Å². The molecule has 2 aromatic rings. The highest BCUT2D eigenvalue weighted by atomic mass is 16.5. The summed E-state index contributed by atoms with van der Waals surface area (Å²) < 4.78 is 5.54. The molecule has 0 amide bonds. The number of hydrogen-bond acceptors (Lipinski definition) is 3. The van der Waals surface area contributed by atoms with Crippen LogP contribution in [0.5, 0.6) is 0 Å². The first-order chi connectivity index (χ1) is 9.34. The van der Waals surface area contributed by atoms with Gasteiger partial charge in [0.15, 0.2) is 5.76 Å². The van der Waals surface area contributed by atoms with E-state index in [0.29, 0.717) is 6.04 Å². The molecule has 1 aromatic carbocycles. The van der Waals surface area contributed by atoms with Crippen LogP contribution in [-0.4, -0.2) is 23.1 Å². The van der Waals surface area contributed by atoms with Crippen molar-refractivity contribution >= 4 is 0 Å². The van der Waals surface area contributed by atoms with Gasteiger partial charge in [-0.2, -0.15) is 0 Å². The largest absolute Gasteiger partial charge is 0.359 e. The van der Waals surface area contributed by atoms with Gasteiger partial charge in [-0.05, 0) is 32.9 Å². The number of aromatic nitrogens is 1. The normalized spacial score (nSPS) is 18.4. The van der Waals surface area contributed by atoms with E-state index in [4.69, 9.17) is 4.52 Å². The topological polar surface area (TPSA) is 29.3 Å². The molecular formula is C16H20N2O. The van der Waals surface area contributed by atoms with Crippen molar-refractivity contribution in [1.82, 2.24) is 10.1 Å². The smallest absolute Gasteiger partial charge is 0.154 e. The summed E-state index contributed by atoms with van der Waals surface area (Å²) in [5.41, 5.74) is 2.04. The third-order valence-electron chi connectivity index (χ3n) is 3.95. The van der Waals surface area contributed by atoms with Crippen LogP contribution in [0, 0.1) is 0 Å². The quantitative estimate of drug-likeness (QED) is 0.834. The molecule has 3 nitrogen and oxygen atoms in total. The fourth-order valence-electron chi connectivity index (χ4n) is 2.72. The fourth-order valence-corrected chi connectivity index (χ4v) is 2.72. The molecule has 0 N–H and O–H groups in total. The molecule has 1 aliphatic rings. The van der Waals surface area contributed by atoms with Crippen LogP contribution in [0.4, 0.5) is 0 Å². The van der Waals surface area contributed by atoms with Crippen LogP contribution in [0.2, 0.25) is 0 Å². The summed E-state index contributed by atoms with van der Waals surface area (Å²) in [5, 5.41) is 4.20. The summed E-state index contributed by atoms with van der Waals surface area (Å²) in [4.78, 5) is 2.48. The first-order valence-electron chi connectivity index (χ1n) is 7.11. The van der Waals surface area contributed by atoms with Crippen molar-refractivity contribution in [1.29, 1.82) is 0 Å². The molecule has 0 aliphatic carbocycles. The average Bonchev–Trinajstić information content (AvgIpc) is 2.98. The summed E-state index contributed by atoms with van der Waals surface area (Å²) in [6, 6.07) is 12.6. The van der Waals surface area contributed by atoms with Crippen molar-refractivity contribution in [2.75, 3.05) is 13.1 Å². The molecule has 100 valence electrons. The lowest BCUT2D eigenvalue weighted by Gasteiger charge is -2.30. The minimum absolute atomic E-state index is 0.324. The Hall–Kier alpha value is -1.61. The number of likely N-dealkylation sites (tertiary alicyclic amines) is 1. The molecule has 1 fully saturated rings. The minimum atomic E-state index is 0.324. The van der Waals surface area contributed by atoms with E-state index in [1.807, 2.05) is 18.2 Å². The standard InChI is InChI=1S/C16H20N2O/c1-13(18-10-6-3-7-11-18)16-12-15(17-19-16)14-8-4-2-5-9-14/h2,4-5,8-9,12-13H,3,6-7,10-11H2,1H3/t13-/m0/s1. The Labute approximate surface area is 114 Å². The molecule has 1 saturated heterocycles. The zero-order chi connectivity index (χ0) is 13.1. The summed E-state index contributed by atoms with van der Waals surface area (Å²) in [6.45, 7) is 4.55. The van der Waals surface area contributed by atoms with Crippen LogP contribution in [-0.2, 0) is 0 Å². The summed E-state index contributed by atoms with van der Waals surface area (Å²) >= 11 is 0. The van der Waals surface area contributed by atoms with Crippen LogP contribution in [0.25, 0.3) is 11.3 Å². The Bertz CT molecular complexity index is 515. The lowest BCUT2D eigenvalue weighted by molar-refractivity contribution is 0.150. The fraction of sp³-hybridized carbons (Fsp3) is 0.438. The van der Waals surface area contributed by atoms with Gasteiger partial charge in [0, 0.05) is 11.6 Å². The number of benzene rings is 1. The molecule has 1 aromatic heterocycles. The van der Waals surface area contributed by atoms with Crippen LogP contribution < -0.4 is 0 Å². The molecule has 2 heterocycles. The maximum atomic E-state index is 5.54. The van der Waals surface area contributed by atoms with E-state index in [9.17, 15) is 0 Å². The second kappa shape index (κ2) is 5.57. The van der Waals surface area contributed by atoms with E-state index in [-0.39, 0.29) is 0 Å². The zero-order valence-corrected chi connectivity index (χ0v) is 11.4. The minimum Gasteiger partial charge on any atom is -0.359 e. The molecule has 0 spiro atoms. The molecule has 3 heteroatoms. The molecule has 0 unspecified atom stereocenters. The maximum Gasteiger partial charge on any atom is 0.154 e. The second-order valence-electron chi connectivity index (χ2n) is 5.25. The SMILES string of the molecule is C[C@@H](c1cc(-c2ccccc2)no1)N1CCCCC1. The highest BCUT2D eigenvalue weighted by Gasteiger charge is 2.21. The van der Waals surface area contributed by atoms with Crippen molar-refractivity contribution in [3.63, 3.8) is 0 Å². The molecule has 3 rings (SSSR count). The molecule has 1 atom stereocenters. The Balaban J connectivity index is 1.77. The number of hydrogen-bond donors (Lipinski definition) is 0. The maximum absolute atomic E-state index is 5.54. The van der Waals surface area contributed by atoms with Crippen molar-refractivity contribution in [2.45, 2.75) is 32.2 Å². The molecule has 19 heavy (non-hydrogen) atoms. The Kier molecular flexibility index (Phi) is 3.65. The third kappa shape index (κ3) is 2.71. The van der Waals surface area contributed by atoms with E-state index >= 15 is 0 Å². The van der Waals surface area contributed by atoms with Gasteiger partial charge in [0.2, 0.25) is 0 Å². The van der Waals surface area contributed by atoms with E-state index < -0.39 is 0 Å². The predicted molar refractivity (Wildman–Crippen MR) is 75.8 cm³/mol. The molecule has 0 bridgehead atoms. The lowest BCUT2D eigenvalue weighted by Crippen LogP contribution is -2.32. The van der Waals surface area contributed by atoms with Crippen molar-refractivity contribution in [3.8, 4) is 11.3 Å². The van der Waals surface area contributed by atoms with Gasteiger partial charge in [-0.1, -0.05) is 41.9 Å². The first-order valence-corrected chi connectivity index (χ1v) is 7.11. The first kappa shape index (κ1) is 12.4. The monoisotopic (exact) mass is 256 g/mol. The van der Waals surface area contributed by atoms with Gasteiger partial charge in [-0.15, -0.1) is 0 Å². The van der Waals surface area contributed by atoms with Gasteiger partial charge >= 0.3 is 0 Å². The number of nitrogens with zero attached hydrogens (tertiary/aromatic N) is 2. The van der Waals surface area contributed by atoms with Crippen molar-refractivity contribution < 1.29 is 4.52 Å². The lowest BCUT2D eigenvalue weighted by atomic mass is 10.1. The van der Waals surface area contributed by atoms with Gasteiger partial charge in [-0.25, -0.2) is 0 Å². The van der Waals surface area contributed by atoms with E-state index in [2.05, 4.69) is 35.2 Å². The average molecular weight is 256 g/mol. The number of piperidine rings is 1. The third-order valence-corrected chi connectivity index (χ3v) is 3.95. The summed E-state index contributed by atoms with van der Waals surface area (Å²) in [6.07, 6.45) is 3.95. The summed E-state index contributed by atoms with van der Waals surface area (Å²) in [5.74, 6) is 0.973. The summed E-state index contributed by atoms with van der Waals surface area (Å²) in [7, 11) is 0. The molecule has 0 saturated carbocycles. The van der Waals surface area contributed by atoms with Crippen LogP contribution in [0.3, 0.4) is 0 Å². The predicted octanol–water partition coefficient (Wildman–Crippen LogP) is 3.89. The van der Waals surface area contributed by atoms with Crippen molar-refractivity contribution in [2.24, 2.45) is 0 Å². The number of rotatable bonds is 3. The molecule has 0 radical (unpaired) electrons. The Morgan fingerprint density at radius 2 is 1.84 bits per heavy atom. The Morgan fingerprint density at radius 1 is 1.11 bits per heavy atom. The van der Waals surface area contributed by atoms with E-state index in [1.54, 1.807) is 0 Å². The highest BCUT2D eigenvalue weighted by molar-refractivity contribution is 5.58. The van der Waals surface area contributed by atoms with Gasteiger partial charge < -0.3 is 4.52 Å². The van der Waals surface area contributed by atoms with Gasteiger partial charge in [0.05, 0.1) is 6.04 Å². The Morgan fingerprint density at radius 3 is 2.58 bits per heavy atom. The van der Waals surface area contributed by atoms with E-state index in [0.717, 1.165) is 17.0 Å². The van der Waals surface area contributed by atoms with Crippen LogP contribution >= 0.6 is 0 Å². The molecule has 1 aliphatic heterocycles. The van der Waals surface area contributed by atoms with Crippen molar-refractivity contribution in [3.05, 3.63) is 42.2 Å². The van der Waals surface area contributed by atoms with Gasteiger partial charge in [-0.3, -0.25) is 4.90 Å².